The third kappa shape index (κ3) is 31.3. The summed E-state index contributed by atoms with van der Waals surface area (Å²) >= 11 is 0. The summed E-state index contributed by atoms with van der Waals surface area (Å²) in [6.45, 7) is 3.11. The lowest BCUT2D eigenvalue weighted by Gasteiger charge is -2.23. The average molecular weight is 268 g/mol. The van der Waals surface area contributed by atoms with Crippen molar-refractivity contribution < 1.29 is 27.0 Å². The zero-order valence-corrected chi connectivity index (χ0v) is 11.8. The maximum Gasteiger partial charge on any atom is 0.330 e. The number of carbonyl (C=O) groups excluding carboxylic acids is 1. The van der Waals surface area contributed by atoms with Crippen LogP contribution >= 0.6 is 0 Å². The highest BCUT2D eigenvalue weighted by molar-refractivity contribution is 7.85. The van der Waals surface area contributed by atoms with Crippen molar-refractivity contribution in [2.45, 2.75) is 6.92 Å². The van der Waals surface area contributed by atoms with E-state index < -0.39 is 10.1 Å². The number of carbonyl (C=O) groups is 1. The van der Waals surface area contributed by atoms with Gasteiger partial charge in [0, 0.05) is 6.08 Å². The van der Waals surface area contributed by atoms with E-state index in [4.69, 9.17) is 9.29 Å². The van der Waals surface area contributed by atoms with Gasteiger partial charge in [0.2, 0.25) is 0 Å². The number of rotatable bonds is 4. The molecule has 0 amide bonds. The normalized spacial score (nSPS) is 11.9. The van der Waals surface area contributed by atoms with Gasteiger partial charge in [-0.25, -0.2) is 4.79 Å². The SMILES string of the molecule is CC=CC(=O)OCC[N+](C)(C)C.CS(=O)(=O)O. The highest BCUT2D eigenvalue weighted by Gasteiger charge is 2.07. The average Bonchev–Trinajstić information content (AvgIpc) is 1.98. The molecule has 0 aliphatic rings. The summed E-state index contributed by atoms with van der Waals surface area (Å²) in [7, 11) is 2.51. The smallest absolute Gasteiger partial charge is 0.330 e. The van der Waals surface area contributed by atoms with Gasteiger partial charge in [-0.3, -0.25) is 4.55 Å². The van der Waals surface area contributed by atoms with E-state index in [2.05, 4.69) is 21.1 Å². The molecule has 0 unspecified atom stereocenters. The second-order valence-corrected chi connectivity index (χ2v) is 5.88. The highest BCUT2D eigenvalue weighted by Crippen LogP contribution is 1.90. The molecular formula is C10H22NO5S+. The second-order valence-electron chi connectivity index (χ2n) is 4.41. The summed E-state index contributed by atoms with van der Waals surface area (Å²) in [4.78, 5) is 10.8. The molecule has 102 valence electrons. The molecule has 0 saturated carbocycles. The second kappa shape index (κ2) is 8.21. The van der Waals surface area contributed by atoms with Crippen LogP contribution in [0.3, 0.4) is 0 Å². The molecule has 7 heteroatoms. The first-order chi connectivity index (χ1) is 7.45. The summed E-state index contributed by atoms with van der Waals surface area (Å²) in [5.74, 6) is -0.258. The number of hydrogen-bond acceptors (Lipinski definition) is 4. The number of hydrogen-bond donors (Lipinski definition) is 1. The fraction of sp³-hybridized carbons (Fsp3) is 0.700. The summed E-state index contributed by atoms with van der Waals surface area (Å²) in [5.41, 5.74) is 0. The fourth-order valence-corrected chi connectivity index (χ4v) is 0.604. The van der Waals surface area contributed by atoms with Gasteiger partial charge in [0.1, 0.15) is 13.2 Å². The number of nitrogens with zero attached hydrogens (tertiary/aromatic N) is 1. The van der Waals surface area contributed by atoms with Crippen LogP contribution in [0.1, 0.15) is 6.92 Å². The van der Waals surface area contributed by atoms with Crippen molar-refractivity contribution in [1.29, 1.82) is 0 Å². The van der Waals surface area contributed by atoms with E-state index in [0.29, 0.717) is 12.9 Å². The number of quaternary nitrogens is 1. The first kappa shape index (κ1) is 18.4. The Hall–Kier alpha value is -0.920. The van der Waals surface area contributed by atoms with Crippen LogP contribution in [-0.4, -0.2) is 64.0 Å². The van der Waals surface area contributed by atoms with Crippen molar-refractivity contribution >= 4 is 16.1 Å². The molecule has 0 aromatic carbocycles. The Morgan fingerprint density at radius 3 is 2.06 bits per heavy atom. The minimum absolute atomic E-state index is 0.258. The molecule has 0 bridgehead atoms. The fourth-order valence-electron chi connectivity index (χ4n) is 0.604. The Balaban J connectivity index is 0. The summed E-state index contributed by atoms with van der Waals surface area (Å²) < 4.78 is 31.6. The van der Waals surface area contributed by atoms with Crippen molar-refractivity contribution in [2.24, 2.45) is 0 Å². The number of esters is 1. The molecule has 0 aliphatic carbocycles. The van der Waals surface area contributed by atoms with Crippen LogP contribution < -0.4 is 0 Å². The van der Waals surface area contributed by atoms with Gasteiger partial charge < -0.3 is 9.22 Å². The molecule has 0 radical (unpaired) electrons. The van der Waals surface area contributed by atoms with Gasteiger partial charge in [-0.1, -0.05) is 6.08 Å². The van der Waals surface area contributed by atoms with Gasteiger partial charge in [0.25, 0.3) is 10.1 Å². The lowest BCUT2D eigenvalue weighted by Crippen LogP contribution is -2.37. The molecule has 0 rings (SSSR count). The molecule has 6 nitrogen and oxygen atoms in total. The molecule has 17 heavy (non-hydrogen) atoms. The van der Waals surface area contributed by atoms with E-state index in [-0.39, 0.29) is 5.97 Å². The first-order valence-electron chi connectivity index (χ1n) is 4.98. The molecule has 0 aliphatic heterocycles. The van der Waals surface area contributed by atoms with Crippen LogP contribution in [0.2, 0.25) is 0 Å². The van der Waals surface area contributed by atoms with Crippen LogP contribution in [-0.2, 0) is 19.6 Å². The van der Waals surface area contributed by atoms with Crippen LogP contribution in [0.15, 0.2) is 12.2 Å². The third-order valence-corrected chi connectivity index (χ3v) is 1.31. The van der Waals surface area contributed by atoms with Crippen molar-refractivity contribution in [3.05, 3.63) is 12.2 Å². The topological polar surface area (TPSA) is 80.7 Å². The standard InChI is InChI=1S/C9H18NO2.CH4O3S/c1-5-6-9(11)12-8-7-10(2,3)4;1-5(2,3)4/h5-6H,7-8H2,1-4H3;1H3,(H,2,3,4)/q+1;. The quantitative estimate of drug-likeness (QED) is 0.344. The first-order valence-corrected chi connectivity index (χ1v) is 6.83. The maximum absolute atomic E-state index is 10.8. The largest absolute Gasteiger partial charge is 0.457 e. The Labute approximate surface area is 103 Å². The van der Waals surface area contributed by atoms with E-state index in [9.17, 15) is 13.2 Å². The Morgan fingerprint density at radius 1 is 1.35 bits per heavy atom. The van der Waals surface area contributed by atoms with Gasteiger partial charge in [-0.2, -0.15) is 8.42 Å². The zero-order chi connectivity index (χ0) is 14.1. The lowest BCUT2D eigenvalue weighted by atomic mass is 10.5. The summed E-state index contributed by atoms with van der Waals surface area (Å²) in [6, 6.07) is 0. The molecular weight excluding hydrogens is 246 g/mol. The lowest BCUT2D eigenvalue weighted by molar-refractivity contribution is -0.870. The van der Waals surface area contributed by atoms with Crippen molar-refractivity contribution in [2.75, 3.05) is 40.6 Å². The van der Waals surface area contributed by atoms with Gasteiger partial charge in [0.05, 0.1) is 27.4 Å². The zero-order valence-electron chi connectivity index (χ0n) is 11.0. The molecule has 0 aromatic rings. The Bertz CT molecular complexity index is 332. The van der Waals surface area contributed by atoms with Gasteiger partial charge in [0.15, 0.2) is 0 Å². The number of allylic oxidation sites excluding steroid dienone is 1. The molecule has 1 N–H and O–H groups in total. The number of ether oxygens (including phenoxy) is 1. The molecule has 0 atom stereocenters. The predicted molar refractivity (Wildman–Crippen MR) is 66.1 cm³/mol. The van der Waals surface area contributed by atoms with E-state index >= 15 is 0 Å². The monoisotopic (exact) mass is 268 g/mol. The van der Waals surface area contributed by atoms with Crippen LogP contribution in [0.4, 0.5) is 0 Å². The van der Waals surface area contributed by atoms with Gasteiger partial charge in [-0.15, -0.1) is 0 Å². The molecule has 0 spiro atoms. The third-order valence-electron chi connectivity index (χ3n) is 1.31. The van der Waals surface area contributed by atoms with E-state index in [0.717, 1.165) is 11.0 Å². The highest BCUT2D eigenvalue weighted by atomic mass is 32.2. The van der Waals surface area contributed by atoms with Crippen molar-refractivity contribution in [1.82, 2.24) is 0 Å². The predicted octanol–water partition coefficient (Wildman–Crippen LogP) is 0.316. The molecule has 0 aromatic heterocycles. The molecule has 0 saturated heterocycles. The molecule has 0 fully saturated rings. The van der Waals surface area contributed by atoms with E-state index in [1.54, 1.807) is 13.0 Å². The summed E-state index contributed by atoms with van der Waals surface area (Å²) in [5, 5.41) is 0. The van der Waals surface area contributed by atoms with E-state index in [1.807, 2.05) is 0 Å². The van der Waals surface area contributed by atoms with Gasteiger partial charge >= 0.3 is 5.97 Å². The van der Waals surface area contributed by atoms with Crippen LogP contribution in [0, 0.1) is 0 Å². The Morgan fingerprint density at radius 2 is 1.76 bits per heavy atom. The molecule has 0 heterocycles. The van der Waals surface area contributed by atoms with Crippen LogP contribution in [0.5, 0.6) is 0 Å². The Kier molecular flexibility index (Phi) is 8.91. The maximum atomic E-state index is 10.8. The van der Waals surface area contributed by atoms with Crippen molar-refractivity contribution in [3.63, 3.8) is 0 Å². The summed E-state index contributed by atoms with van der Waals surface area (Å²) in [6.07, 6.45) is 3.82. The van der Waals surface area contributed by atoms with Gasteiger partial charge in [-0.05, 0) is 6.92 Å². The number of likely N-dealkylation sites (N-methyl/N-ethyl adjacent to an activating group) is 1. The van der Waals surface area contributed by atoms with E-state index in [1.165, 1.54) is 6.08 Å². The minimum atomic E-state index is -3.67. The van der Waals surface area contributed by atoms with Crippen molar-refractivity contribution in [3.8, 4) is 0 Å². The van der Waals surface area contributed by atoms with Crippen LogP contribution in [0.25, 0.3) is 0 Å². The minimum Gasteiger partial charge on any atom is -0.457 e.